The molecule has 0 radical (unpaired) electrons. The van der Waals surface area contributed by atoms with E-state index in [1.807, 2.05) is 50.2 Å². The molecule has 0 aromatic heterocycles. The maximum Gasteiger partial charge on any atom is 0.338 e. The van der Waals surface area contributed by atoms with Crippen molar-refractivity contribution in [2.75, 3.05) is 13.7 Å². The van der Waals surface area contributed by atoms with Gasteiger partial charge in [0.2, 0.25) is 0 Å². The van der Waals surface area contributed by atoms with Gasteiger partial charge < -0.3 is 28.4 Å². The van der Waals surface area contributed by atoms with Crippen LogP contribution in [0.3, 0.4) is 0 Å². The molecule has 0 amide bonds. The molecule has 7 heteroatoms. The highest BCUT2D eigenvalue weighted by Gasteiger charge is 2.56. The maximum atomic E-state index is 12.4. The quantitative estimate of drug-likeness (QED) is 0.627. The molecular weight excluding hydrogens is 400 g/mol. The Morgan fingerprint density at radius 2 is 1.61 bits per heavy atom. The average molecular weight is 428 g/mol. The molecule has 2 aliphatic rings. The van der Waals surface area contributed by atoms with Crippen molar-refractivity contribution in [3.8, 4) is 0 Å². The zero-order chi connectivity index (χ0) is 21.8. The van der Waals surface area contributed by atoms with E-state index < -0.39 is 42.5 Å². The highest BCUT2D eigenvalue weighted by Crippen LogP contribution is 2.39. The van der Waals surface area contributed by atoms with Crippen LogP contribution in [0.5, 0.6) is 0 Å². The Morgan fingerprint density at radius 1 is 0.968 bits per heavy atom. The zero-order valence-electron chi connectivity index (χ0n) is 17.9. The second-order valence-corrected chi connectivity index (χ2v) is 8.07. The molecule has 0 N–H and O–H groups in total. The topological polar surface area (TPSA) is 72.5 Å². The molecule has 2 aromatic rings. The number of carbonyl (C=O) groups excluding carboxylic acids is 1. The van der Waals surface area contributed by atoms with E-state index in [0.29, 0.717) is 12.2 Å². The highest BCUT2D eigenvalue weighted by molar-refractivity contribution is 5.89. The van der Waals surface area contributed by atoms with Crippen molar-refractivity contribution in [3.05, 3.63) is 71.8 Å². The molecule has 0 bridgehead atoms. The third-order valence-corrected chi connectivity index (χ3v) is 5.34. The molecule has 2 heterocycles. The van der Waals surface area contributed by atoms with Crippen molar-refractivity contribution < 1.29 is 33.2 Å². The second kappa shape index (κ2) is 9.46. The minimum atomic E-state index is -0.822. The van der Waals surface area contributed by atoms with E-state index in [-0.39, 0.29) is 6.61 Å². The van der Waals surface area contributed by atoms with Crippen molar-refractivity contribution >= 4 is 5.97 Å². The van der Waals surface area contributed by atoms with Gasteiger partial charge in [-0.25, -0.2) is 4.79 Å². The van der Waals surface area contributed by atoms with Gasteiger partial charge in [-0.2, -0.15) is 0 Å². The zero-order valence-corrected chi connectivity index (χ0v) is 17.9. The first-order valence-corrected chi connectivity index (χ1v) is 10.4. The van der Waals surface area contributed by atoms with Gasteiger partial charge in [0, 0.05) is 7.11 Å². The molecule has 0 saturated carbocycles. The Bertz CT molecular complexity index is 855. The fraction of sp³-hybridized carbons (Fsp3) is 0.458. The summed E-state index contributed by atoms with van der Waals surface area (Å²) in [7, 11) is 1.55. The Morgan fingerprint density at radius 3 is 2.29 bits per heavy atom. The third-order valence-electron chi connectivity index (χ3n) is 5.34. The number of methoxy groups -OCH3 is 1. The molecule has 0 aliphatic carbocycles. The first kappa shape index (κ1) is 21.9. The molecule has 5 atom stereocenters. The molecule has 2 saturated heterocycles. The third kappa shape index (κ3) is 5.14. The minimum Gasteiger partial charge on any atom is -0.459 e. The average Bonchev–Trinajstić information content (AvgIpc) is 3.12. The van der Waals surface area contributed by atoms with Crippen molar-refractivity contribution in [2.24, 2.45) is 0 Å². The largest absolute Gasteiger partial charge is 0.459 e. The molecule has 31 heavy (non-hydrogen) atoms. The Kier molecular flexibility index (Phi) is 6.69. The number of hydrogen-bond acceptors (Lipinski definition) is 7. The van der Waals surface area contributed by atoms with Gasteiger partial charge in [0.1, 0.15) is 31.0 Å². The highest BCUT2D eigenvalue weighted by atomic mass is 16.8. The summed E-state index contributed by atoms with van der Waals surface area (Å²) in [5.74, 6) is -1.24. The molecule has 4 rings (SSSR count). The van der Waals surface area contributed by atoms with Gasteiger partial charge in [-0.3, -0.25) is 0 Å². The summed E-state index contributed by atoms with van der Waals surface area (Å²) in [5.41, 5.74) is 1.51. The summed E-state index contributed by atoms with van der Waals surface area (Å²) in [6.45, 7) is 4.08. The Hall–Kier alpha value is -2.29. The first-order valence-electron chi connectivity index (χ1n) is 10.4. The fourth-order valence-corrected chi connectivity index (χ4v) is 3.92. The number of fused-ring (bicyclic) bond motifs is 1. The number of carbonyl (C=O) groups is 1. The van der Waals surface area contributed by atoms with E-state index in [0.717, 1.165) is 5.56 Å². The van der Waals surface area contributed by atoms with Crippen molar-refractivity contribution in [3.63, 3.8) is 0 Å². The van der Waals surface area contributed by atoms with Crippen molar-refractivity contribution in [1.29, 1.82) is 0 Å². The lowest BCUT2D eigenvalue weighted by Crippen LogP contribution is -2.58. The molecule has 2 fully saturated rings. The normalized spacial score (nSPS) is 29.3. The maximum absolute atomic E-state index is 12.4. The summed E-state index contributed by atoms with van der Waals surface area (Å²) in [4.78, 5) is 12.4. The van der Waals surface area contributed by atoms with Crippen LogP contribution in [0, 0.1) is 0 Å². The number of rotatable bonds is 7. The SMILES string of the molecule is CO[C@@H]1O[C@H](COC(=O)c2ccccc2)[C@@H]2OC(C)(C)O[C@@H]2[C@H]1OCc1ccccc1. The predicted octanol–water partition coefficient (Wildman–Crippen LogP) is 3.32. The van der Waals surface area contributed by atoms with Crippen LogP contribution < -0.4 is 0 Å². The molecular formula is C24H28O7. The summed E-state index contributed by atoms with van der Waals surface area (Å²) < 4.78 is 35.6. The lowest BCUT2D eigenvalue weighted by molar-refractivity contribution is -0.286. The number of benzene rings is 2. The first-order chi connectivity index (χ1) is 15.0. The molecule has 166 valence electrons. The van der Waals surface area contributed by atoms with Crippen LogP contribution in [-0.4, -0.2) is 56.2 Å². The van der Waals surface area contributed by atoms with Crippen molar-refractivity contribution in [2.45, 2.75) is 56.9 Å². The van der Waals surface area contributed by atoms with E-state index >= 15 is 0 Å². The molecule has 0 unspecified atom stereocenters. The van der Waals surface area contributed by atoms with Crippen LogP contribution in [0.1, 0.15) is 29.8 Å². The monoisotopic (exact) mass is 428 g/mol. The molecule has 7 nitrogen and oxygen atoms in total. The van der Waals surface area contributed by atoms with Crippen LogP contribution in [0.2, 0.25) is 0 Å². The molecule has 2 aliphatic heterocycles. The number of hydrogen-bond donors (Lipinski definition) is 0. The summed E-state index contributed by atoms with van der Waals surface area (Å²) in [5, 5.41) is 0. The Labute approximate surface area is 182 Å². The second-order valence-electron chi connectivity index (χ2n) is 8.07. The van der Waals surface area contributed by atoms with Gasteiger partial charge >= 0.3 is 5.97 Å². The van der Waals surface area contributed by atoms with E-state index in [2.05, 4.69) is 0 Å². The van der Waals surface area contributed by atoms with Crippen LogP contribution in [0.4, 0.5) is 0 Å². The number of esters is 1. The molecule has 0 spiro atoms. The summed E-state index contributed by atoms with van der Waals surface area (Å²) in [6.07, 6.45) is -2.65. The standard InChI is InChI=1S/C24H28O7/c1-24(2)30-19-18(15-28-22(25)17-12-8-5-9-13-17)29-23(26-3)21(20(19)31-24)27-14-16-10-6-4-7-11-16/h4-13,18-21,23H,14-15H2,1-3H3/t18-,19+,20+,21-,23-/m1/s1. The van der Waals surface area contributed by atoms with Gasteiger partial charge in [0.15, 0.2) is 12.1 Å². The van der Waals surface area contributed by atoms with E-state index in [9.17, 15) is 4.79 Å². The van der Waals surface area contributed by atoms with Crippen LogP contribution in [0.25, 0.3) is 0 Å². The van der Waals surface area contributed by atoms with E-state index in [1.165, 1.54) is 0 Å². The van der Waals surface area contributed by atoms with E-state index in [4.69, 9.17) is 28.4 Å². The molecule has 2 aromatic carbocycles. The number of ether oxygens (including phenoxy) is 6. The van der Waals surface area contributed by atoms with Gasteiger partial charge in [-0.05, 0) is 31.5 Å². The van der Waals surface area contributed by atoms with Gasteiger partial charge in [-0.1, -0.05) is 48.5 Å². The van der Waals surface area contributed by atoms with Crippen LogP contribution >= 0.6 is 0 Å². The lowest BCUT2D eigenvalue weighted by atomic mass is 9.99. The van der Waals surface area contributed by atoms with E-state index in [1.54, 1.807) is 31.4 Å². The summed E-state index contributed by atoms with van der Waals surface area (Å²) >= 11 is 0. The van der Waals surface area contributed by atoms with Gasteiger partial charge in [0.25, 0.3) is 0 Å². The van der Waals surface area contributed by atoms with Crippen LogP contribution in [0.15, 0.2) is 60.7 Å². The smallest absolute Gasteiger partial charge is 0.338 e. The van der Waals surface area contributed by atoms with Crippen LogP contribution in [-0.2, 0) is 35.0 Å². The Balaban J connectivity index is 1.46. The predicted molar refractivity (Wildman–Crippen MR) is 111 cm³/mol. The fourth-order valence-electron chi connectivity index (χ4n) is 3.92. The van der Waals surface area contributed by atoms with Gasteiger partial charge in [0.05, 0.1) is 12.2 Å². The minimum absolute atomic E-state index is 0.0135. The van der Waals surface area contributed by atoms with Crippen molar-refractivity contribution in [1.82, 2.24) is 0 Å². The lowest BCUT2D eigenvalue weighted by Gasteiger charge is -2.41. The summed E-state index contributed by atoms with van der Waals surface area (Å²) in [6, 6.07) is 18.7. The van der Waals surface area contributed by atoms with Gasteiger partial charge in [-0.15, -0.1) is 0 Å².